The highest BCUT2D eigenvalue weighted by molar-refractivity contribution is 5.98. The summed E-state index contributed by atoms with van der Waals surface area (Å²) in [6, 6.07) is 14.6. The van der Waals surface area contributed by atoms with Gasteiger partial charge in [-0.25, -0.2) is 0 Å². The van der Waals surface area contributed by atoms with Gasteiger partial charge >= 0.3 is 0 Å². The summed E-state index contributed by atoms with van der Waals surface area (Å²) in [4.78, 5) is 42.0. The van der Waals surface area contributed by atoms with Gasteiger partial charge in [-0.1, -0.05) is 24.3 Å². The van der Waals surface area contributed by atoms with Crippen LogP contribution in [0.3, 0.4) is 0 Å². The molecule has 7 heteroatoms. The molecule has 0 aliphatic carbocycles. The van der Waals surface area contributed by atoms with Crippen LogP contribution in [0, 0.1) is 0 Å². The van der Waals surface area contributed by atoms with Gasteiger partial charge in [0.15, 0.2) is 6.61 Å². The Morgan fingerprint density at radius 3 is 2.43 bits per heavy atom. The second-order valence-electron chi connectivity index (χ2n) is 7.36. The molecule has 0 atom stereocenters. The lowest BCUT2D eigenvalue weighted by molar-refractivity contribution is -0.131. The number of nitrogens with zero attached hydrogens (tertiary/aromatic N) is 3. The molecule has 0 fully saturated rings. The quantitative estimate of drug-likeness (QED) is 0.705. The van der Waals surface area contributed by atoms with Gasteiger partial charge < -0.3 is 19.4 Å². The van der Waals surface area contributed by atoms with Crippen molar-refractivity contribution in [3.05, 3.63) is 59.7 Å². The van der Waals surface area contributed by atoms with E-state index in [4.69, 9.17) is 4.74 Å². The SMILES string of the molecule is CCN(Cc1ccc(C(=O)N(C)C)cc1)C(=O)CCN1C(=O)COc2ccccc21. The molecule has 0 aromatic heterocycles. The first kappa shape index (κ1) is 21.4. The third kappa shape index (κ3) is 4.79. The highest BCUT2D eigenvalue weighted by Crippen LogP contribution is 2.31. The van der Waals surface area contributed by atoms with Gasteiger partial charge in [-0.05, 0) is 36.8 Å². The Morgan fingerprint density at radius 1 is 1.07 bits per heavy atom. The molecular formula is C23H27N3O4. The third-order valence-electron chi connectivity index (χ3n) is 5.07. The first-order valence-electron chi connectivity index (χ1n) is 10.0. The standard InChI is InChI=1S/C23H27N3O4/c1-4-25(15-17-9-11-18(12-10-17)23(29)24(2)3)21(27)13-14-26-19-7-5-6-8-20(19)30-16-22(26)28/h5-12H,4,13-16H2,1-3H3. The molecule has 1 aliphatic heterocycles. The van der Waals surface area contributed by atoms with Crippen molar-refractivity contribution in [1.29, 1.82) is 0 Å². The second-order valence-corrected chi connectivity index (χ2v) is 7.36. The zero-order chi connectivity index (χ0) is 21.7. The third-order valence-corrected chi connectivity index (χ3v) is 5.07. The van der Waals surface area contributed by atoms with Gasteiger partial charge in [0.25, 0.3) is 11.8 Å². The monoisotopic (exact) mass is 409 g/mol. The highest BCUT2D eigenvalue weighted by Gasteiger charge is 2.26. The molecule has 2 aromatic carbocycles. The van der Waals surface area contributed by atoms with Gasteiger partial charge in [-0.2, -0.15) is 0 Å². The molecule has 0 N–H and O–H groups in total. The maximum absolute atomic E-state index is 12.8. The van der Waals surface area contributed by atoms with Crippen LogP contribution in [0.2, 0.25) is 0 Å². The normalized spacial score (nSPS) is 12.8. The van der Waals surface area contributed by atoms with Crippen molar-refractivity contribution < 1.29 is 19.1 Å². The Labute approximate surface area is 176 Å². The van der Waals surface area contributed by atoms with Crippen LogP contribution in [-0.4, -0.2) is 61.3 Å². The molecular weight excluding hydrogens is 382 g/mol. The summed E-state index contributed by atoms with van der Waals surface area (Å²) in [5.41, 5.74) is 2.27. The van der Waals surface area contributed by atoms with Gasteiger partial charge in [0.1, 0.15) is 5.75 Å². The van der Waals surface area contributed by atoms with E-state index in [0.29, 0.717) is 36.6 Å². The van der Waals surface area contributed by atoms with Crippen molar-refractivity contribution >= 4 is 23.4 Å². The summed E-state index contributed by atoms with van der Waals surface area (Å²) in [6.07, 6.45) is 0.227. The van der Waals surface area contributed by atoms with E-state index in [1.54, 1.807) is 36.0 Å². The minimum absolute atomic E-state index is 0.0132. The van der Waals surface area contributed by atoms with Gasteiger partial charge in [0, 0.05) is 45.7 Å². The summed E-state index contributed by atoms with van der Waals surface area (Å²) < 4.78 is 5.45. The largest absolute Gasteiger partial charge is 0.482 e. The number of rotatable bonds is 7. The fourth-order valence-corrected chi connectivity index (χ4v) is 3.37. The van der Waals surface area contributed by atoms with E-state index in [2.05, 4.69) is 0 Å². The summed E-state index contributed by atoms with van der Waals surface area (Å²) in [7, 11) is 3.43. The second kappa shape index (κ2) is 9.43. The predicted molar refractivity (Wildman–Crippen MR) is 114 cm³/mol. The molecule has 30 heavy (non-hydrogen) atoms. The molecule has 0 bridgehead atoms. The average molecular weight is 409 g/mol. The van der Waals surface area contributed by atoms with Crippen LogP contribution in [0.1, 0.15) is 29.3 Å². The average Bonchev–Trinajstić information content (AvgIpc) is 2.76. The van der Waals surface area contributed by atoms with Crippen molar-refractivity contribution in [3.8, 4) is 5.75 Å². The molecule has 3 amide bonds. The van der Waals surface area contributed by atoms with E-state index < -0.39 is 0 Å². The number of para-hydroxylation sites is 2. The van der Waals surface area contributed by atoms with E-state index >= 15 is 0 Å². The Hall–Kier alpha value is -3.35. The van der Waals surface area contributed by atoms with Crippen molar-refractivity contribution in [2.45, 2.75) is 19.9 Å². The molecule has 3 rings (SSSR count). The molecule has 2 aromatic rings. The number of benzene rings is 2. The Kier molecular flexibility index (Phi) is 6.72. The van der Waals surface area contributed by atoms with E-state index in [0.717, 1.165) is 5.56 Å². The lowest BCUT2D eigenvalue weighted by Crippen LogP contribution is -2.41. The first-order valence-corrected chi connectivity index (χ1v) is 10.0. The van der Waals surface area contributed by atoms with Crippen LogP contribution < -0.4 is 9.64 Å². The van der Waals surface area contributed by atoms with Crippen LogP contribution in [0.5, 0.6) is 5.75 Å². The summed E-state index contributed by atoms with van der Waals surface area (Å²) >= 11 is 0. The Morgan fingerprint density at radius 2 is 1.77 bits per heavy atom. The number of carbonyl (C=O) groups excluding carboxylic acids is 3. The predicted octanol–water partition coefficient (Wildman–Crippen LogP) is 2.55. The first-order chi connectivity index (χ1) is 14.4. The Balaban J connectivity index is 1.62. The van der Waals surface area contributed by atoms with Gasteiger partial charge in [0.05, 0.1) is 5.69 Å². The lowest BCUT2D eigenvalue weighted by Gasteiger charge is -2.30. The van der Waals surface area contributed by atoms with Gasteiger partial charge in [-0.3, -0.25) is 14.4 Å². The van der Waals surface area contributed by atoms with Crippen LogP contribution in [0.4, 0.5) is 5.69 Å². The lowest BCUT2D eigenvalue weighted by atomic mass is 10.1. The maximum Gasteiger partial charge on any atom is 0.265 e. The molecule has 158 valence electrons. The van der Waals surface area contributed by atoms with Crippen molar-refractivity contribution in [2.24, 2.45) is 0 Å². The number of fused-ring (bicyclic) bond motifs is 1. The summed E-state index contributed by atoms with van der Waals surface area (Å²) in [5.74, 6) is 0.429. The molecule has 0 spiro atoms. The van der Waals surface area contributed by atoms with Crippen LogP contribution in [-0.2, 0) is 16.1 Å². The summed E-state index contributed by atoms with van der Waals surface area (Å²) in [5, 5.41) is 0. The molecule has 0 radical (unpaired) electrons. The van der Waals surface area contributed by atoms with Gasteiger partial charge in [-0.15, -0.1) is 0 Å². The smallest absolute Gasteiger partial charge is 0.265 e. The topological polar surface area (TPSA) is 70.2 Å². The number of carbonyl (C=O) groups is 3. The van der Waals surface area contributed by atoms with Gasteiger partial charge in [0.2, 0.25) is 5.91 Å². The van der Waals surface area contributed by atoms with Crippen molar-refractivity contribution in [3.63, 3.8) is 0 Å². The van der Waals surface area contributed by atoms with E-state index in [-0.39, 0.29) is 30.7 Å². The number of anilines is 1. The van der Waals surface area contributed by atoms with Crippen molar-refractivity contribution in [2.75, 3.05) is 38.7 Å². The molecule has 7 nitrogen and oxygen atoms in total. The van der Waals surface area contributed by atoms with Crippen LogP contribution in [0.15, 0.2) is 48.5 Å². The van der Waals surface area contributed by atoms with E-state index in [1.165, 1.54) is 4.90 Å². The fraction of sp³-hybridized carbons (Fsp3) is 0.348. The highest BCUT2D eigenvalue weighted by atomic mass is 16.5. The van der Waals surface area contributed by atoms with Crippen LogP contribution in [0.25, 0.3) is 0 Å². The summed E-state index contributed by atoms with van der Waals surface area (Å²) in [6.45, 7) is 3.24. The number of ether oxygens (including phenoxy) is 1. The molecule has 0 unspecified atom stereocenters. The fourth-order valence-electron chi connectivity index (χ4n) is 3.37. The van der Waals surface area contributed by atoms with Crippen LogP contribution >= 0.6 is 0 Å². The molecule has 1 aliphatic rings. The minimum atomic E-state index is -0.148. The molecule has 1 heterocycles. The minimum Gasteiger partial charge on any atom is -0.482 e. The number of hydrogen-bond donors (Lipinski definition) is 0. The van der Waals surface area contributed by atoms with E-state index in [1.807, 2.05) is 43.3 Å². The maximum atomic E-state index is 12.8. The van der Waals surface area contributed by atoms with E-state index in [9.17, 15) is 14.4 Å². The zero-order valence-electron chi connectivity index (χ0n) is 17.6. The number of amides is 3. The Bertz CT molecular complexity index is 924. The molecule has 0 saturated carbocycles. The number of hydrogen-bond acceptors (Lipinski definition) is 4. The zero-order valence-corrected chi connectivity index (χ0v) is 17.6. The molecule has 0 saturated heterocycles. The van der Waals surface area contributed by atoms with Crippen molar-refractivity contribution in [1.82, 2.24) is 9.80 Å².